The van der Waals surface area contributed by atoms with Crippen LogP contribution in [0.3, 0.4) is 0 Å². The highest BCUT2D eigenvalue weighted by molar-refractivity contribution is 6.31. The zero-order valence-corrected chi connectivity index (χ0v) is 19.8. The third kappa shape index (κ3) is 5.78. The molecule has 1 atom stereocenters. The van der Waals surface area contributed by atoms with Gasteiger partial charge in [0.25, 0.3) is 5.91 Å². The van der Waals surface area contributed by atoms with E-state index in [-0.39, 0.29) is 12.0 Å². The number of fused-ring (bicyclic) bond motifs is 1. The van der Waals surface area contributed by atoms with Crippen molar-refractivity contribution in [2.45, 2.75) is 33.0 Å². The van der Waals surface area contributed by atoms with Crippen LogP contribution in [0.2, 0.25) is 5.02 Å². The van der Waals surface area contributed by atoms with Crippen LogP contribution in [0, 0.1) is 6.92 Å². The molecule has 1 unspecified atom stereocenters. The molecule has 0 spiro atoms. The summed E-state index contributed by atoms with van der Waals surface area (Å²) in [5, 5.41) is 4.56. The second kappa shape index (κ2) is 10.1. The summed E-state index contributed by atoms with van der Waals surface area (Å²) < 4.78 is 11.2. The van der Waals surface area contributed by atoms with E-state index in [4.69, 9.17) is 20.8 Å². The fraction of sp³-hybridized carbons (Fsp3) is 0.269. The smallest absolute Gasteiger partial charge is 0.268 e. The summed E-state index contributed by atoms with van der Waals surface area (Å²) in [5.74, 6) is 0.618. The number of aryl methyl sites for hydroxylation is 1. The molecule has 2 N–H and O–H groups in total. The molecule has 0 aliphatic carbocycles. The second-order valence-electron chi connectivity index (χ2n) is 8.40. The largest absolute Gasteiger partial charge is 0.489 e. The van der Waals surface area contributed by atoms with Gasteiger partial charge in [0.1, 0.15) is 17.5 Å². The van der Waals surface area contributed by atoms with Gasteiger partial charge in [-0.05, 0) is 68.4 Å². The van der Waals surface area contributed by atoms with Gasteiger partial charge in [-0.25, -0.2) is 0 Å². The van der Waals surface area contributed by atoms with E-state index in [0.717, 1.165) is 46.4 Å². The number of carbonyl (C=O) groups is 1. The Hall–Kier alpha value is -3.22. The summed E-state index contributed by atoms with van der Waals surface area (Å²) in [5.41, 5.74) is 4.61. The molecule has 0 bridgehead atoms. The lowest BCUT2D eigenvalue weighted by Gasteiger charge is -2.18. The Kier molecular flexibility index (Phi) is 7.06. The van der Waals surface area contributed by atoms with E-state index in [1.54, 1.807) is 18.6 Å². The minimum absolute atomic E-state index is 0.162. The maximum atomic E-state index is 12.7. The molecular weight excluding hydrogens is 438 g/mol. The molecule has 2 aromatic carbocycles. The van der Waals surface area contributed by atoms with Crippen LogP contribution in [0.4, 0.5) is 0 Å². The monoisotopic (exact) mass is 465 g/mol. The van der Waals surface area contributed by atoms with E-state index in [1.165, 1.54) is 0 Å². The minimum atomic E-state index is -0.188. The van der Waals surface area contributed by atoms with Gasteiger partial charge in [0.05, 0.1) is 19.1 Å². The number of nitrogens with one attached hydrogen (secondary N) is 2. The number of aromatic amines is 1. The number of rotatable bonds is 9. The molecule has 0 saturated heterocycles. The lowest BCUT2D eigenvalue weighted by atomic mass is 10.1. The number of nitrogens with zero attached hydrogens (tertiary/aromatic N) is 1. The van der Waals surface area contributed by atoms with Gasteiger partial charge in [-0.15, -0.1) is 0 Å². The van der Waals surface area contributed by atoms with Crippen molar-refractivity contribution in [3.05, 3.63) is 88.5 Å². The number of halogens is 1. The highest BCUT2D eigenvalue weighted by Gasteiger charge is 2.16. The average Bonchev–Trinajstić information content (AvgIpc) is 3.40. The third-order valence-electron chi connectivity index (χ3n) is 5.52. The van der Waals surface area contributed by atoms with E-state index in [1.807, 2.05) is 50.2 Å². The maximum absolute atomic E-state index is 12.7. The number of hydrogen-bond donors (Lipinski definition) is 2. The molecule has 6 nitrogen and oxygen atoms in total. The number of benzene rings is 2. The predicted octanol–water partition coefficient (Wildman–Crippen LogP) is 5.55. The first-order valence-corrected chi connectivity index (χ1v) is 11.3. The second-order valence-corrected chi connectivity index (χ2v) is 8.84. The summed E-state index contributed by atoms with van der Waals surface area (Å²) in [6.45, 7) is 5.84. The van der Waals surface area contributed by atoms with E-state index < -0.39 is 0 Å². The van der Waals surface area contributed by atoms with Gasteiger partial charge in [0.2, 0.25) is 0 Å². The van der Waals surface area contributed by atoms with Crippen LogP contribution in [-0.4, -0.2) is 35.5 Å². The molecule has 172 valence electrons. The number of ether oxygens (including phenoxy) is 1. The predicted molar refractivity (Wildman–Crippen MR) is 131 cm³/mol. The fourth-order valence-corrected chi connectivity index (χ4v) is 4.08. The number of H-pyrrole nitrogens is 1. The van der Waals surface area contributed by atoms with Crippen molar-refractivity contribution >= 4 is 28.4 Å². The average molecular weight is 466 g/mol. The molecule has 0 saturated carbocycles. The molecule has 1 amide bonds. The van der Waals surface area contributed by atoms with Gasteiger partial charge < -0.3 is 19.5 Å². The Balaban J connectivity index is 1.31. The van der Waals surface area contributed by atoms with E-state index in [2.05, 4.69) is 28.3 Å². The zero-order valence-electron chi connectivity index (χ0n) is 19.0. The zero-order chi connectivity index (χ0) is 23.4. The van der Waals surface area contributed by atoms with E-state index >= 15 is 0 Å². The van der Waals surface area contributed by atoms with Crippen molar-refractivity contribution in [1.29, 1.82) is 0 Å². The first-order chi connectivity index (χ1) is 15.9. The molecule has 0 fully saturated rings. The topological polar surface area (TPSA) is 70.5 Å². The van der Waals surface area contributed by atoms with Crippen LogP contribution in [0.25, 0.3) is 10.9 Å². The molecular formula is C26H28ClN3O3. The van der Waals surface area contributed by atoms with Crippen LogP contribution in [0.1, 0.15) is 34.1 Å². The molecule has 0 radical (unpaired) electrons. The van der Waals surface area contributed by atoms with Crippen molar-refractivity contribution in [2.75, 3.05) is 13.6 Å². The minimum Gasteiger partial charge on any atom is -0.489 e. The molecule has 0 aliphatic rings. The van der Waals surface area contributed by atoms with Crippen LogP contribution in [0.5, 0.6) is 5.75 Å². The summed E-state index contributed by atoms with van der Waals surface area (Å²) in [7, 11) is 2.07. The highest BCUT2D eigenvalue weighted by atomic mass is 35.5. The maximum Gasteiger partial charge on any atom is 0.268 e. The molecule has 33 heavy (non-hydrogen) atoms. The Morgan fingerprint density at radius 1 is 1.18 bits per heavy atom. The van der Waals surface area contributed by atoms with Gasteiger partial charge >= 0.3 is 0 Å². The van der Waals surface area contributed by atoms with Gasteiger partial charge in [-0.1, -0.05) is 23.7 Å². The standard InChI is InChI=1S/C26H28ClN3O3/c1-17(13-28-26(31)25-18(2)23-12-21(27)7-8-24(23)29-25)33-22-6-4-5-19(11-22)14-30(3)15-20-9-10-32-16-20/h4-12,16-17,29H,13-15H2,1-3H3,(H,28,31). The van der Waals surface area contributed by atoms with Crippen LogP contribution >= 0.6 is 11.6 Å². The normalized spacial score (nSPS) is 12.3. The Morgan fingerprint density at radius 2 is 2.00 bits per heavy atom. The van der Waals surface area contributed by atoms with Crippen molar-refractivity contribution in [1.82, 2.24) is 15.2 Å². The lowest BCUT2D eigenvalue weighted by molar-refractivity contribution is 0.0927. The first kappa shape index (κ1) is 23.0. The summed E-state index contributed by atoms with van der Waals surface area (Å²) >= 11 is 6.09. The third-order valence-corrected chi connectivity index (χ3v) is 5.75. The van der Waals surface area contributed by atoms with Crippen LogP contribution in [0.15, 0.2) is 65.5 Å². The Labute approximate surface area is 198 Å². The number of amides is 1. The van der Waals surface area contributed by atoms with Gasteiger partial charge in [0, 0.05) is 34.6 Å². The molecule has 4 aromatic rings. The number of aromatic nitrogens is 1. The molecule has 2 heterocycles. The highest BCUT2D eigenvalue weighted by Crippen LogP contribution is 2.25. The summed E-state index contributed by atoms with van der Waals surface area (Å²) in [6.07, 6.45) is 3.26. The first-order valence-electron chi connectivity index (χ1n) is 10.9. The van der Waals surface area contributed by atoms with Crippen molar-refractivity contribution in [3.8, 4) is 5.75 Å². The Morgan fingerprint density at radius 3 is 2.79 bits per heavy atom. The summed E-state index contributed by atoms with van der Waals surface area (Å²) in [6, 6.07) is 15.6. The Bertz CT molecular complexity index is 1230. The fourth-order valence-electron chi connectivity index (χ4n) is 3.90. The van der Waals surface area contributed by atoms with Crippen molar-refractivity contribution in [2.24, 2.45) is 0 Å². The molecule has 7 heteroatoms. The van der Waals surface area contributed by atoms with Crippen LogP contribution < -0.4 is 10.1 Å². The SMILES string of the molecule is Cc1c(C(=O)NCC(C)Oc2cccc(CN(C)Cc3ccoc3)c2)[nH]c2ccc(Cl)cc12. The summed E-state index contributed by atoms with van der Waals surface area (Å²) in [4.78, 5) is 18.1. The van der Waals surface area contributed by atoms with Gasteiger partial charge in [0.15, 0.2) is 0 Å². The van der Waals surface area contributed by atoms with E-state index in [9.17, 15) is 4.79 Å². The number of hydrogen-bond acceptors (Lipinski definition) is 4. The van der Waals surface area contributed by atoms with E-state index in [0.29, 0.717) is 17.3 Å². The number of furan rings is 1. The van der Waals surface area contributed by atoms with Crippen molar-refractivity contribution < 1.29 is 13.9 Å². The van der Waals surface area contributed by atoms with Gasteiger partial charge in [-0.3, -0.25) is 9.69 Å². The molecule has 2 aromatic heterocycles. The van der Waals surface area contributed by atoms with Gasteiger partial charge in [-0.2, -0.15) is 0 Å². The van der Waals surface area contributed by atoms with Crippen LogP contribution in [-0.2, 0) is 13.1 Å². The molecule has 4 rings (SSSR count). The quantitative estimate of drug-likeness (QED) is 0.340. The van der Waals surface area contributed by atoms with Crippen molar-refractivity contribution in [3.63, 3.8) is 0 Å². The number of carbonyl (C=O) groups excluding carboxylic acids is 1. The molecule has 0 aliphatic heterocycles. The lowest BCUT2D eigenvalue weighted by Crippen LogP contribution is -2.34.